The Morgan fingerprint density at radius 3 is 2.83 bits per heavy atom. The van der Waals surface area contributed by atoms with Crippen molar-refractivity contribution in [2.75, 3.05) is 19.8 Å². The number of aliphatic hydroxyl groups is 2. The number of rotatable bonds is 6. The molecule has 2 fully saturated rings. The average Bonchev–Trinajstić information content (AvgIpc) is 3.49. The van der Waals surface area contributed by atoms with Crippen LogP contribution in [0.3, 0.4) is 0 Å². The Labute approximate surface area is 206 Å². The van der Waals surface area contributed by atoms with Crippen LogP contribution < -0.4 is 10.6 Å². The quantitative estimate of drug-likeness (QED) is 0.332. The van der Waals surface area contributed by atoms with E-state index in [1.54, 1.807) is 25.3 Å². The van der Waals surface area contributed by atoms with Crippen LogP contribution in [0.1, 0.15) is 40.0 Å². The molecule has 4 N–H and O–H groups in total. The maximum absolute atomic E-state index is 12.8. The molecule has 7 atom stereocenters. The van der Waals surface area contributed by atoms with E-state index in [0.29, 0.717) is 30.9 Å². The van der Waals surface area contributed by atoms with Crippen LogP contribution in [0, 0.1) is 22.7 Å². The van der Waals surface area contributed by atoms with Gasteiger partial charge in [-0.1, -0.05) is 38.2 Å². The van der Waals surface area contributed by atoms with Gasteiger partial charge in [0.05, 0.1) is 30.9 Å². The van der Waals surface area contributed by atoms with E-state index < -0.39 is 17.6 Å². The fourth-order valence-corrected chi connectivity index (χ4v) is 6.28. The lowest BCUT2D eigenvalue weighted by molar-refractivity contribution is -0.149. The zero-order valence-corrected chi connectivity index (χ0v) is 20.7. The van der Waals surface area contributed by atoms with E-state index >= 15 is 0 Å². The van der Waals surface area contributed by atoms with Gasteiger partial charge in [0.15, 0.2) is 0 Å². The molecule has 0 aromatic heterocycles. The van der Waals surface area contributed by atoms with E-state index in [1.165, 1.54) is 0 Å². The minimum Gasteiger partial charge on any atom is -0.458 e. The van der Waals surface area contributed by atoms with E-state index in [1.807, 2.05) is 13.0 Å². The van der Waals surface area contributed by atoms with Crippen LogP contribution in [0.4, 0.5) is 0 Å². The number of hydrogen-bond acceptors (Lipinski definition) is 8. The summed E-state index contributed by atoms with van der Waals surface area (Å²) in [5.74, 6) is -0.473. The standard InChI is InChI=1S/C26H36N4O5/c1-15-18(6-5-17-8-12-35-23(17)34)25(3)9-7-21(32)26(4,14-31)20(25)13-19(15)29-16(2)22(33)30-24-27-10-11-28-24/h5-6,8,10,16,18-21,29,31-32H,1,7,9,11-14H2,2-4H3,(H,28,30,33)/b6-5+/t16?,18?,19?,20?,21-,25-,26+/m1/s1. The molecule has 0 saturated heterocycles. The van der Waals surface area contributed by atoms with Gasteiger partial charge in [0, 0.05) is 23.6 Å². The maximum Gasteiger partial charge on any atom is 0.338 e. The van der Waals surface area contributed by atoms with Crippen molar-refractivity contribution in [3.8, 4) is 0 Å². The first-order valence-electron chi connectivity index (χ1n) is 12.3. The number of ether oxygens (including phenoxy) is 1. The molecule has 2 aliphatic heterocycles. The van der Waals surface area contributed by atoms with Gasteiger partial charge in [0.25, 0.3) is 0 Å². The number of carbonyl (C=O) groups is 2. The molecule has 9 heteroatoms. The molecule has 190 valence electrons. The second-order valence-corrected chi connectivity index (χ2v) is 10.6. The van der Waals surface area contributed by atoms with Gasteiger partial charge >= 0.3 is 5.97 Å². The second kappa shape index (κ2) is 9.79. The van der Waals surface area contributed by atoms with Crippen LogP contribution in [-0.4, -0.2) is 72.2 Å². The topological polar surface area (TPSA) is 133 Å². The molecular weight excluding hydrogens is 448 g/mol. The Balaban J connectivity index is 1.62. The summed E-state index contributed by atoms with van der Waals surface area (Å²) in [6.45, 7) is 10.9. The van der Waals surface area contributed by atoms with Gasteiger partial charge in [-0.25, -0.2) is 14.8 Å². The zero-order chi connectivity index (χ0) is 25.4. The molecule has 0 radical (unpaired) electrons. The molecule has 2 saturated carbocycles. The Hall–Kier alpha value is -2.62. The number of hydrogen-bond donors (Lipinski definition) is 4. The van der Waals surface area contributed by atoms with Crippen LogP contribution in [0.25, 0.3) is 0 Å². The van der Waals surface area contributed by atoms with Gasteiger partial charge in [-0.2, -0.15) is 0 Å². The van der Waals surface area contributed by atoms with Crippen LogP contribution in [0.5, 0.6) is 0 Å². The average molecular weight is 485 g/mol. The molecule has 4 aliphatic rings. The Morgan fingerprint density at radius 1 is 1.43 bits per heavy atom. The summed E-state index contributed by atoms with van der Waals surface area (Å²) in [4.78, 5) is 32.9. The second-order valence-electron chi connectivity index (χ2n) is 10.6. The van der Waals surface area contributed by atoms with E-state index in [2.05, 4.69) is 34.1 Å². The number of amides is 1. The SMILES string of the molecule is C=C1C(NC(C)C(=O)NC2=NCC=N2)CC2[C@](C)(CC[C@@H](O)[C@@]2(C)CO)C1/C=C/C1=CCOC1=O. The van der Waals surface area contributed by atoms with E-state index in [4.69, 9.17) is 4.74 Å². The molecule has 0 aromatic carbocycles. The van der Waals surface area contributed by atoms with Crippen LogP contribution in [-0.2, 0) is 14.3 Å². The highest BCUT2D eigenvalue weighted by Crippen LogP contribution is 2.61. The van der Waals surface area contributed by atoms with Gasteiger partial charge in [-0.3, -0.25) is 15.4 Å². The van der Waals surface area contributed by atoms with Crippen molar-refractivity contribution in [2.45, 2.75) is 58.2 Å². The van der Waals surface area contributed by atoms with E-state index in [9.17, 15) is 19.8 Å². The number of aliphatic hydroxyl groups excluding tert-OH is 2. The predicted octanol–water partition coefficient (Wildman–Crippen LogP) is 1.28. The Morgan fingerprint density at radius 2 is 2.20 bits per heavy atom. The molecule has 0 spiro atoms. The lowest BCUT2D eigenvalue weighted by Crippen LogP contribution is -2.62. The highest BCUT2D eigenvalue weighted by Gasteiger charge is 2.59. The molecular formula is C26H36N4O5. The van der Waals surface area contributed by atoms with Crippen molar-refractivity contribution in [1.82, 2.24) is 10.6 Å². The first-order valence-corrected chi connectivity index (χ1v) is 12.3. The first-order chi connectivity index (χ1) is 16.6. The van der Waals surface area contributed by atoms with Crippen molar-refractivity contribution < 1.29 is 24.5 Å². The third-order valence-electron chi connectivity index (χ3n) is 8.52. The predicted molar refractivity (Wildman–Crippen MR) is 133 cm³/mol. The fraction of sp³-hybridized carbons (Fsp3) is 0.615. The molecule has 0 bridgehead atoms. The number of aliphatic imine (C=N–C) groups is 2. The van der Waals surface area contributed by atoms with Gasteiger partial charge in [-0.05, 0) is 43.6 Å². The first kappa shape index (κ1) is 25.5. The van der Waals surface area contributed by atoms with Crippen molar-refractivity contribution in [3.63, 3.8) is 0 Å². The van der Waals surface area contributed by atoms with Crippen molar-refractivity contribution in [3.05, 3.63) is 36.0 Å². The van der Waals surface area contributed by atoms with Gasteiger partial charge in [-0.15, -0.1) is 0 Å². The van der Waals surface area contributed by atoms with Gasteiger partial charge < -0.3 is 14.9 Å². The summed E-state index contributed by atoms with van der Waals surface area (Å²) in [6.07, 6.45) is 8.51. The summed E-state index contributed by atoms with van der Waals surface area (Å²) in [5, 5.41) is 27.4. The van der Waals surface area contributed by atoms with E-state index in [-0.39, 0.29) is 48.4 Å². The summed E-state index contributed by atoms with van der Waals surface area (Å²) in [7, 11) is 0. The lowest BCUT2D eigenvalue weighted by atomic mass is 9.45. The van der Waals surface area contributed by atoms with Crippen molar-refractivity contribution >= 4 is 24.1 Å². The van der Waals surface area contributed by atoms with Crippen molar-refractivity contribution in [2.24, 2.45) is 32.7 Å². The fourth-order valence-electron chi connectivity index (χ4n) is 6.28. The van der Waals surface area contributed by atoms with Crippen molar-refractivity contribution in [1.29, 1.82) is 0 Å². The lowest BCUT2D eigenvalue weighted by Gasteiger charge is -2.61. The number of nitrogens with zero attached hydrogens (tertiary/aromatic N) is 2. The Kier molecular flexibility index (Phi) is 7.13. The maximum atomic E-state index is 12.8. The Bertz CT molecular complexity index is 1020. The van der Waals surface area contributed by atoms with Crippen LogP contribution in [0.15, 0.2) is 45.9 Å². The third-order valence-corrected chi connectivity index (χ3v) is 8.52. The molecule has 35 heavy (non-hydrogen) atoms. The number of fused-ring (bicyclic) bond motifs is 1. The number of cyclic esters (lactones) is 1. The molecule has 0 aromatic rings. The number of guanidine groups is 1. The minimum absolute atomic E-state index is 0.0509. The number of carbonyl (C=O) groups excluding carboxylic acids is 2. The minimum atomic E-state index is -0.704. The van der Waals surface area contributed by atoms with Gasteiger partial charge in [0.1, 0.15) is 6.61 Å². The van der Waals surface area contributed by atoms with Crippen LogP contribution >= 0.6 is 0 Å². The summed E-state index contributed by atoms with van der Waals surface area (Å²) in [6, 6.07) is -0.788. The smallest absolute Gasteiger partial charge is 0.338 e. The van der Waals surface area contributed by atoms with Gasteiger partial charge in [0.2, 0.25) is 11.9 Å². The number of allylic oxidation sites excluding steroid dienone is 1. The normalized spacial score (nSPS) is 37.6. The van der Waals surface area contributed by atoms with E-state index in [0.717, 1.165) is 12.0 Å². The monoisotopic (exact) mass is 484 g/mol. The number of esters is 1. The highest BCUT2D eigenvalue weighted by molar-refractivity contribution is 6.04. The molecule has 4 rings (SSSR count). The molecule has 9 nitrogen and oxygen atoms in total. The number of nitrogens with one attached hydrogen (secondary N) is 2. The third kappa shape index (κ3) is 4.64. The molecule has 2 aliphatic carbocycles. The molecule has 2 heterocycles. The van der Waals surface area contributed by atoms with Crippen LogP contribution in [0.2, 0.25) is 0 Å². The summed E-state index contributed by atoms with van der Waals surface area (Å²) in [5.41, 5.74) is 0.438. The molecule has 4 unspecified atom stereocenters. The largest absolute Gasteiger partial charge is 0.458 e. The highest BCUT2D eigenvalue weighted by atomic mass is 16.5. The molecule has 1 amide bonds. The zero-order valence-electron chi connectivity index (χ0n) is 20.7. The summed E-state index contributed by atoms with van der Waals surface area (Å²) < 4.78 is 5.04. The summed E-state index contributed by atoms with van der Waals surface area (Å²) >= 11 is 0.